The molecule has 2 aliphatic carbocycles. The van der Waals surface area contributed by atoms with Crippen LogP contribution in [0.3, 0.4) is 0 Å². The van der Waals surface area contributed by atoms with Crippen LogP contribution in [0.2, 0.25) is 13.1 Å². The van der Waals surface area contributed by atoms with E-state index in [9.17, 15) is 0 Å². The third kappa shape index (κ3) is 14.9. The molecule has 4 heteroatoms. The fourth-order valence-electron chi connectivity index (χ4n) is 1.19. The molecule has 0 aromatic rings. The minimum Gasteiger partial charge on any atom is -1.00 e. The topological polar surface area (TPSA) is 0 Å². The first-order valence-electron chi connectivity index (χ1n) is 5.92. The average Bonchev–Trinajstić information content (AvgIpc) is 2.88. The summed E-state index contributed by atoms with van der Waals surface area (Å²) < 4.78 is 0. The molecule has 0 bridgehead atoms. The van der Waals surface area contributed by atoms with Crippen molar-refractivity contribution in [1.82, 2.24) is 0 Å². The molecular weight excluding hydrogens is 370 g/mol. The molecule has 0 unspecified atom stereocenters. The van der Waals surface area contributed by atoms with Crippen LogP contribution >= 0.6 is 0 Å². The Bertz CT molecular complexity index is 360. The molecule has 0 saturated heterocycles. The molecule has 2 aliphatic rings. The van der Waals surface area contributed by atoms with Crippen molar-refractivity contribution < 1.29 is 48.1 Å². The molecular formula is C15H22Cl2SiZr-2. The van der Waals surface area contributed by atoms with E-state index in [0.717, 1.165) is 12.8 Å². The van der Waals surface area contributed by atoms with Crippen LogP contribution in [-0.4, -0.2) is 5.43 Å². The second-order valence-electron chi connectivity index (χ2n) is 4.39. The van der Waals surface area contributed by atoms with E-state index in [1.54, 1.807) is 23.3 Å². The van der Waals surface area contributed by atoms with Crippen molar-refractivity contribution in [2.45, 2.75) is 46.7 Å². The van der Waals surface area contributed by atoms with Crippen LogP contribution in [0.15, 0.2) is 34.9 Å². The van der Waals surface area contributed by atoms with Gasteiger partial charge in [0.25, 0.3) is 0 Å². The van der Waals surface area contributed by atoms with Gasteiger partial charge in [-0.3, -0.25) is 12.2 Å². The van der Waals surface area contributed by atoms with Gasteiger partial charge in [-0.05, 0) is 0 Å². The molecule has 0 heterocycles. The summed E-state index contributed by atoms with van der Waals surface area (Å²) in [6.07, 6.45) is 14.3. The van der Waals surface area contributed by atoms with E-state index >= 15 is 0 Å². The van der Waals surface area contributed by atoms with E-state index in [1.165, 1.54) is 16.7 Å². The third-order valence-corrected chi connectivity index (χ3v) is 2.41. The molecule has 0 aliphatic heterocycles. The number of allylic oxidation sites excluding steroid dienone is 8. The smallest absolute Gasteiger partial charge is 0.109 e. The molecule has 0 fully saturated rings. The first kappa shape index (κ1) is 24.6. The quantitative estimate of drug-likeness (QED) is 0.351. The van der Waals surface area contributed by atoms with Crippen molar-refractivity contribution in [3.05, 3.63) is 47.1 Å². The summed E-state index contributed by atoms with van der Waals surface area (Å²) in [5, 5.41) is 0. The zero-order chi connectivity index (χ0) is 13.3. The molecule has 0 aromatic heterocycles. The van der Waals surface area contributed by atoms with Crippen LogP contribution in [0, 0.1) is 12.2 Å². The van der Waals surface area contributed by atoms with Crippen LogP contribution in [-0.2, 0) is 23.3 Å². The van der Waals surface area contributed by atoms with E-state index in [1.807, 2.05) is 12.2 Å². The molecule has 0 atom stereocenters. The van der Waals surface area contributed by atoms with Crippen molar-refractivity contribution in [1.29, 1.82) is 0 Å². The van der Waals surface area contributed by atoms with E-state index in [2.05, 4.69) is 52.1 Å². The summed E-state index contributed by atoms with van der Waals surface area (Å²) in [6, 6.07) is 0. The predicted octanol–water partition coefficient (Wildman–Crippen LogP) is -1.43. The molecule has 0 saturated carbocycles. The third-order valence-electron chi connectivity index (χ3n) is 2.41. The Hall–Kier alpha value is 0.640. The van der Waals surface area contributed by atoms with Gasteiger partial charge in [0, 0.05) is 0 Å². The zero-order valence-electron chi connectivity index (χ0n) is 12.4. The van der Waals surface area contributed by atoms with E-state index in [-0.39, 0.29) is 30.2 Å². The molecule has 106 valence electrons. The number of hydrogen-bond acceptors (Lipinski definition) is 0. The van der Waals surface area contributed by atoms with Gasteiger partial charge in [0.2, 0.25) is 0 Å². The minimum atomic E-state index is 0. The van der Waals surface area contributed by atoms with Gasteiger partial charge >= 0.3 is 41.9 Å². The second-order valence-corrected chi connectivity index (χ2v) is 13.8. The molecule has 0 aromatic carbocycles. The van der Waals surface area contributed by atoms with Crippen molar-refractivity contribution >= 4 is 5.43 Å². The Labute approximate surface area is 146 Å². The van der Waals surface area contributed by atoms with Crippen LogP contribution in [0.25, 0.3) is 0 Å². The summed E-state index contributed by atoms with van der Waals surface area (Å²) in [5.74, 6) is 0. The standard InChI is InChI=1S/C8H11.C5H5.C2H6Si.2ClH.Zr/c1-6-4-5-7(2)8(6)3;1-2-4-5-3-1;1-3-2;;;/h4H2,1-3H3;1-3H,4H2;1-2H3;2*1H;/q2*-1;;;;+2/p-2. The van der Waals surface area contributed by atoms with Crippen molar-refractivity contribution in [2.75, 3.05) is 0 Å². The number of rotatable bonds is 0. The van der Waals surface area contributed by atoms with Crippen LogP contribution < -0.4 is 24.8 Å². The SMILES string of the molecule is CC1=[C-]CC(C)=C1C.C[Si](C)=[Zr+2].[C-]1=CC=CC1.[Cl-].[Cl-]. The Morgan fingerprint density at radius 2 is 1.68 bits per heavy atom. The molecule has 0 N–H and O–H groups in total. The molecule has 19 heavy (non-hydrogen) atoms. The maximum absolute atomic E-state index is 3.26. The van der Waals surface area contributed by atoms with Gasteiger partial charge in [0.15, 0.2) is 0 Å². The van der Waals surface area contributed by atoms with Gasteiger partial charge in [-0.25, -0.2) is 17.7 Å². The first-order chi connectivity index (χ1) is 7.95. The summed E-state index contributed by atoms with van der Waals surface area (Å²) in [5.41, 5.74) is 4.46. The average molecular weight is 393 g/mol. The maximum atomic E-state index is 3.26. The molecule has 0 amide bonds. The van der Waals surface area contributed by atoms with E-state index in [4.69, 9.17) is 0 Å². The Kier molecular flexibility index (Phi) is 19.5. The Morgan fingerprint density at radius 1 is 1.16 bits per heavy atom. The predicted molar refractivity (Wildman–Crippen MR) is 74.5 cm³/mol. The first-order valence-corrected chi connectivity index (χ1v) is 12.1. The summed E-state index contributed by atoms with van der Waals surface area (Å²) in [7, 11) is 0. The fourth-order valence-corrected chi connectivity index (χ4v) is 1.19. The zero-order valence-corrected chi connectivity index (χ0v) is 17.4. The van der Waals surface area contributed by atoms with Gasteiger partial charge < -0.3 is 24.8 Å². The number of hydrogen-bond donors (Lipinski definition) is 0. The van der Waals surface area contributed by atoms with Crippen molar-refractivity contribution in [3.63, 3.8) is 0 Å². The van der Waals surface area contributed by atoms with Gasteiger partial charge in [-0.15, -0.1) is 19.8 Å². The van der Waals surface area contributed by atoms with Crippen molar-refractivity contribution in [3.8, 4) is 0 Å². The van der Waals surface area contributed by atoms with Gasteiger partial charge in [-0.1, -0.05) is 13.8 Å². The fraction of sp³-hybridized carbons (Fsp3) is 0.467. The largest absolute Gasteiger partial charge is 1.00 e. The molecule has 2 rings (SSSR count). The monoisotopic (exact) mass is 390 g/mol. The van der Waals surface area contributed by atoms with Crippen LogP contribution in [0.4, 0.5) is 0 Å². The minimum absolute atomic E-state index is 0. The molecule has 0 radical (unpaired) electrons. The normalized spacial score (nSPS) is 14.4. The van der Waals surface area contributed by atoms with Crippen molar-refractivity contribution in [2.24, 2.45) is 0 Å². The summed E-state index contributed by atoms with van der Waals surface area (Å²) in [6.45, 7) is 11.1. The van der Waals surface area contributed by atoms with Gasteiger partial charge in [0.1, 0.15) is 0 Å². The maximum Gasteiger partial charge on any atom is -0.109 e. The van der Waals surface area contributed by atoms with Crippen LogP contribution in [0.1, 0.15) is 33.6 Å². The Morgan fingerprint density at radius 3 is 1.79 bits per heavy atom. The van der Waals surface area contributed by atoms with Gasteiger partial charge in [-0.2, -0.15) is 17.2 Å². The number of halogens is 2. The summed E-state index contributed by atoms with van der Waals surface area (Å²) >= 11 is 1.74. The van der Waals surface area contributed by atoms with E-state index in [0.29, 0.717) is 0 Å². The van der Waals surface area contributed by atoms with Gasteiger partial charge in [0.05, 0.1) is 0 Å². The molecule has 0 spiro atoms. The van der Waals surface area contributed by atoms with Crippen LogP contribution in [0.5, 0.6) is 0 Å². The second kappa shape index (κ2) is 15.0. The summed E-state index contributed by atoms with van der Waals surface area (Å²) in [4.78, 5) is 0. The molecule has 0 nitrogen and oxygen atoms in total. The Balaban J connectivity index is -0.000000206. The van der Waals surface area contributed by atoms with E-state index < -0.39 is 0 Å².